The molecule has 14 heteroatoms. The monoisotopic (exact) mass is 587 g/mol. The van der Waals surface area contributed by atoms with Crippen LogP contribution in [0.4, 0.5) is 29.3 Å². The summed E-state index contributed by atoms with van der Waals surface area (Å²) in [5.41, 5.74) is 1.96. The van der Waals surface area contributed by atoms with Crippen molar-refractivity contribution in [3.05, 3.63) is 53.6 Å². The molecule has 11 nitrogen and oxygen atoms in total. The molecule has 2 aliphatic heterocycles. The predicted molar refractivity (Wildman–Crippen MR) is 142 cm³/mol. The van der Waals surface area contributed by atoms with Gasteiger partial charge in [-0.25, -0.2) is 4.79 Å². The fraction of sp³-hybridized carbons (Fsp3) is 0.393. The van der Waals surface area contributed by atoms with Crippen molar-refractivity contribution < 1.29 is 41.9 Å². The zero-order chi connectivity index (χ0) is 30.0. The highest BCUT2D eigenvalue weighted by atomic mass is 19.4. The number of fused-ring (bicyclic) bond motifs is 1. The van der Waals surface area contributed by atoms with Gasteiger partial charge in [0.1, 0.15) is 11.8 Å². The van der Waals surface area contributed by atoms with Crippen LogP contribution in [0.1, 0.15) is 54.4 Å². The van der Waals surface area contributed by atoms with Gasteiger partial charge in [-0.2, -0.15) is 0 Å². The molecule has 2 fully saturated rings. The summed E-state index contributed by atoms with van der Waals surface area (Å²) in [6.45, 7) is 0.203. The number of ether oxygens (including phenoxy) is 1. The number of amides is 6. The summed E-state index contributed by atoms with van der Waals surface area (Å²) in [6.07, 6.45) is -2.18. The van der Waals surface area contributed by atoms with E-state index in [4.69, 9.17) is 0 Å². The van der Waals surface area contributed by atoms with Gasteiger partial charge in [-0.1, -0.05) is 0 Å². The van der Waals surface area contributed by atoms with Crippen LogP contribution in [0.25, 0.3) is 0 Å². The number of hydrogen-bond donors (Lipinski definition) is 4. The van der Waals surface area contributed by atoms with E-state index in [1.54, 1.807) is 18.2 Å². The second-order valence-corrected chi connectivity index (χ2v) is 10.5. The van der Waals surface area contributed by atoms with Gasteiger partial charge >= 0.3 is 12.4 Å². The maximum atomic E-state index is 12.9. The molecule has 3 aliphatic rings. The Bertz CT molecular complexity index is 1410. The van der Waals surface area contributed by atoms with Crippen molar-refractivity contribution >= 4 is 41.0 Å². The van der Waals surface area contributed by atoms with Crippen LogP contribution in [0.3, 0.4) is 0 Å². The van der Waals surface area contributed by atoms with Gasteiger partial charge in [0.2, 0.25) is 17.7 Å². The number of benzene rings is 2. The molecule has 0 aromatic heterocycles. The molecule has 1 saturated heterocycles. The van der Waals surface area contributed by atoms with Crippen LogP contribution in [-0.4, -0.2) is 53.0 Å². The van der Waals surface area contributed by atoms with Gasteiger partial charge in [0.25, 0.3) is 5.91 Å². The molecular weight excluding hydrogens is 559 g/mol. The van der Waals surface area contributed by atoms with Gasteiger partial charge in [0.05, 0.1) is 0 Å². The molecule has 0 radical (unpaired) electrons. The van der Waals surface area contributed by atoms with E-state index in [0.717, 1.165) is 12.1 Å². The van der Waals surface area contributed by atoms with Gasteiger partial charge in [-0.15, -0.1) is 13.2 Å². The number of nitrogens with one attached hydrogen (secondary N) is 4. The number of hydrogen-bond acceptors (Lipinski definition) is 6. The van der Waals surface area contributed by atoms with Crippen molar-refractivity contribution in [1.82, 2.24) is 15.5 Å². The molecule has 1 saturated carbocycles. The Morgan fingerprint density at radius 3 is 2.26 bits per heavy atom. The third-order valence-corrected chi connectivity index (χ3v) is 7.57. The van der Waals surface area contributed by atoms with Gasteiger partial charge in [-0.05, 0) is 80.1 Å². The number of carbonyl (C=O) groups is 5. The summed E-state index contributed by atoms with van der Waals surface area (Å²) in [7, 11) is 0. The van der Waals surface area contributed by atoms with Gasteiger partial charge in [-0.3, -0.25) is 24.5 Å². The highest BCUT2D eigenvalue weighted by molar-refractivity contribution is 6.05. The first-order valence-electron chi connectivity index (χ1n) is 13.5. The second-order valence-electron chi connectivity index (χ2n) is 10.5. The van der Waals surface area contributed by atoms with E-state index in [-0.39, 0.29) is 49.1 Å². The Balaban J connectivity index is 1.08. The highest BCUT2D eigenvalue weighted by Gasteiger charge is 2.39. The number of halogens is 3. The number of anilines is 2. The summed E-state index contributed by atoms with van der Waals surface area (Å²) in [5.74, 6) is -1.98. The van der Waals surface area contributed by atoms with E-state index in [1.807, 2.05) is 0 Å². The molecule has 5 rings (SSSR count). The zero-order valence-corrected chi connectivity index (χ0v) is 22.3. The first-order valence-corrected chi connectivity index (χ1v) is 13.5. The van der Waals surface area contributed by atoms with E-state index in [1.165, 1.54) is 17.0 Å². The van der Waals surface area contributed by atoms with E-state index in [0.29, 0.717) is 48.2 Å². The van der Waals surface area contributed by atoms with E-state index in [2.05, 4.69) is 26.0 Å². The number of carbonyl (C=O) groups excluding carboxylic acids is 5. The molecule has 0 spiro atoms. The van der Waals surface area contributed by atoms with Crippen LogP contribution in [0, 0.1) is 5.92 Å². The number of rotatable bonds is 6. The lowest BCUT2D eigenvalue weighted by molar-refractivity contribution is -0.274. The van der Waals surface area contributed by atoms with Crippen molar-refractivity contribution in [2.75, 3.05) is 10.6 Å². The number of nitrogens with zero attached hydrogens (tertiary/aromatic N) is 1. The van der Waals surface area contributed by atoms with E-state index in [9.17, 15) is 37.1 Å². The minimum atomic E-state index is -4.80. The number of imide groups is 1. The maximum Gasteiger partial charge on any atom is 0.573 e. The largest absolute Gasteiger partial charge is 0.573 e. The Kier molecular flexibility index (Phi) is 8.05. The molecular formula is C28H28F3N5O6. The quantitative estimate of drug-likeness (QED) is 0.380. The average Bonchev–Trinajstić information content (AvgIpc) is 3.24. The van der Waals surface area contributed by atoms with Gasteiger partial charge < -0.3 is 25.6 Å². The van der Waals surface area contributed by atoms with Crippen LogP contribution in [-0.2, 0) is 20.9 Å². The molecule has 4 N–H and O–H groups in total. The molecule has 2 aromatic carbocycles. The standard InChI is InChI=1S/C28H28F3N5O6/c29-28(30,31)42-20-8-5-18(6-9-20)34-27(41)33-17-3-1-15(2-4-17)24(38)32-19-7-10-21-16(13-19)14-36(26(21)40)22-11-12-23(37)35-25(22)39/h5-10,13,15,17,22H,1-4,11-12,14H2,(H,32,38)(H2,33,34,41)(H,35,37,39). The van der Waals surface area contributed by atoms with Gasteiger partial charge in [0.15, 0.2) is 0 Å². The second kappa shape index (κ2) is 11.7. The normalized spacial score (nSPS) is 22.2. The van der Waals surface area contributed by atoms with E-state index < -0.39 is 30.1 Å². The topological polar surface area (TPSA) is 146 Å². The smallest absolute Gasteiger partial charge is 0.406 e. The molecule has 6 amide bonds. The SMILES string of the molecule is O=C1CCC(N2Cc3cc(NC(=O)C4CCC(NC(=O)Nc5ccc(OC(F)(F)F)cc5)CC4)ccc3C2=O)C(=O)N1. The lowest BCUT2D eigenvalue weighted by atomic mass is 9.85. The lowest BCUT2D eigenvalue weighted by Crippen LogP contribution is -2.52. The van der Waals surface area contributed by atoms with Crippen molar-refractivity contribution in [1.29, 1.82) is 0 Å². The third kappa shape index (κ3) is 6.81. The number of piperidine rings is 1. The van der Waals surface area contributed by atoms with Crippen molar-refractivity contribution in [2.24, 2.45) is 5.92 Å². The molecule has 42 heavy (non-hydrogen) atoms. The highest BCUT2D eigenvalue weighted by Crippen LogP contribution is 2.31. The maximum absolute atomic E-state index is 12.9. The number of alkyl halides is 3. The number of urea groups is 1. The minimum Gasteiger partial charge on any atom is -0.406 e. The molecule has 1 unspecified atom stereocenters. The Morgan fingerprint density at radius 2 is 1.60 bits per heavy atom. The van der Waals surface area contributed by atoms with Crippen molar-refractivity contribution in [3.8, 4) is 5.75 Å². The molecule has 2 aromatic rings. The molecule has 2 heterocycles. The first kappa shape index (κ1) is 28.9. The lowest BCUT2D eigenvalue weighted by Gasteiger charge is -2.29. The first-order chi connectivity index (χ1) is 19.9. The summed E-state index contributed by atoms with van der Waals surface area (Å²) in [5, 5.41) is 10.6. The van der Waals surface area contributed by atoms with Crippen LogP contribution >= 0.6 is 0 Å². The van der Waals surface area contributed by atoms with Crippen molar-refractivity contribution in [2.45, 2.75) is 63.5 Å². The van der Waals surface area contributed by atoms with Crippen LogP contribution in [0.15, 0.2) is 42.5 Å². The molecule has 222 valence electrons. The average molecular weight is 588 g/mol. The summed E-state index contributed by atoms with van der Waals surface area (Å²) in [6, 6.07) is 8.36. The minimum absolute atomic E-state index is 0.165. The van der Waals surface area contributed by atoms with Crippen LogP contribution in [0.5, 0.6) is 5.75 Å². The summed E-state index contributed by atoms with van der Waals surface area (Å²) < 4.78 is 40.7. The Hall–Kier alpha value is -4.62. The molecule has 0 bridgehead atoms. The molecule has 1 aliphatic carbocycles. The summed E-state index contributed by atoms with van der Waals surface area (Å²) >= 11 is 0. The van der Waals surface area contributed by atoms with Crippen molar-refractivity contribution in [3.63, 3.8) is 0 Å². The summed E-state index contributed by atoms with van der Waals surface area (Å²) in [4.78, 5) is 63.3. The van der Waals surface area contributed by atoms with Gasteiger partial charge in [0, 0.05) is 41.9 Å². The third-order valence-electron chi connectivity index (χ3n) is 7.57. The molecule has 1 atom stereocenters. The Labute approximate surface area is 238 Å². The van der Waals surface area contributed by atoms with Crippen LogP contribution in [0.2, 0.25) is 0 Å². The fourth-order valence-electron chi connectivity index (χ4n) is 5.49. The zero-order valence-electron chi connectivity index (χ0n) is 22.3. The Morgan fingerprint density at radius 1 is 0.905 bits per heavy atom. The van der Waals surface area contributed by atoms with Crippen LogP contribution < -0.4 is 26.0 Å². The fourth-order valence-corrected chi connectivity index (χ4v) is 5.49. The predicted octanol–water partition coefficient (Wildman–Crippen LogP) is 3.67. The van der Waals surface area contributed by atoms with E-state index >= 15 is 0 Å².